The highest BCUT2D eigenvalue weighted by Crippen LogP contribution is 2.22. The van der Waals surface area contributed by atoms with Crippen molar-refractivity contribution in [3.8, 4) is 0 Å². The molecule has 0 aromatic heterocycles. The molecule has 1 heterocycles. The molecule has 1 aromatic rings. The summed E-state index contributed by atoms with van der Waals surface area (Å²) in [6.45, 7) is 7.59. The van der Waals surface area contributed by atoms with Crippen LogP contribution in [0, 0.1) is 11.2 Å². The van der Waals surface area contributed by atoms with Gasteiger partial charge in [0, 0.05) is 32.6 Å². The summed E-state index contributed by atoms with van der Waals surface area (Å²) in [6.07, 6.45) is 1.04. The Morgan fingerprint density at radius 1 is 1.08 bits per heavy atom. The van der Waals surface area contributed by atoms with E-state index in [1.165, 1.54) is 16.4 Å². The van der Waals surface area contributed by atoms with E-state index >= 15 is 0 Å². The van der Waals surface area contributed by atoms with Gasteiger partial charge in [0.2, 0.25) is 15.9 Å². The van der Waals surface area contributed by atoms with Crippen LogP contribution in [0.5, 0.6) is 0 Å². The Labute approximate surface area is 143 Å². The maximum Gasteiger partial charge on any atom is 0.243 e. The Bertz CT molecular complexity index is 681. The fourth-order valence-electron chi connectivity index (χ4n) is 2.70. The first kappa shape index (κ1) is 18.9. The van der Waals surface area contributed by atoms with Crippen LogP contribution in [0.1, 0.15) is 33.6 Å². The molecule has 0 atom stereocenters. The van der Waals surface area contributed by atoms with Crippen molar-refractivity contribution in [2.45, 2.75) is 38.5 Å². The molecule has 5 nitrogen and oxygen atoms in total. The standard InChI is InChI=1S/C17H25FN2O3S/c1-17(2,3)13-16(21)19-9-4-10-20(12-11-19)24(22,23)15-7-5-14(18)6-8-15/h5-8H,4,9-13H2,1-3H3. The van der Waals surface area contributed by atoms with Gasteiger partial charge in [-0.1, -0.05) is 20.8 Å². The van der Waals surface area contributed by atoms with Crippen LogP contribution < -0.4 is 0 Å². The zero-order valence-corrected chi connectivity index (χ0v) is 15.3. The monoisotopic (exact) mass is 356 g/mol. The first-order valence-electron chi connectivity index (χ1n) is 8.13. The lowest BCUT2D eigenvalue weighted by Crippen LogP contribution is -2.38. The molecule has 0 bridgehead atoms. The van der Waals surface area contributed by atoms with Crippen molar-refractivity contribution in [2.24, 2.45) is 5.41 Å². The van der Waals surface area contributed by atoms with E-state index in [-0.39, 0.29) is 22.8 Å². The number of rotatable bonds is 3. The number of hydrogen-bond donors (Lipinski definition) is 0. The van der Waals surface area contributed by atoms with Gasteiger partial charge in [-0.3, -0.25) is 4.79 Å². The Hall–Kier alpha value is -1.47. The Morgan fingerprint density at radius 2 is 1.71 bits per heavy atom. The van der Waals surface area contributed by atoms with Crippen molar-refractivity contribution < 1.29 is 17.6 Å². The lowest BCUT2D eigenvalue weighted by molar-refractivity contribution is -0.132. The summed E-state index contributed by atoms with van der Waals surface area (Å²) in [6, 6.07) is 4.84. The van der Waals surface area contributed by atoms with Crippen LogP contribution in [0.3, 0.4) is 0 Å². The van der Waals surface area contributed by atoms with E-state index in [0.717, 1.165) is 12.1 Å². The SMILES string of the molecule is CC(C)(C)CC(=O)N1CCCN(S(=O)(=O)c2ccc(F)cc2)CC1. The molecule has 1 aliphatic rings. The van der Waals surface area contributed by atoms with E-state index in [2.05, 4.69) is 0 Å². The van der Waals surface area contributed by atoms with Gasteiger partial charge in [0.25, 0.3) is 0 Å². The molecule has 2 rings (SSSR count). The third kappa shape index (κ3) is 4.77. The van der Waals surface area contributed by atoms with Gasteiger partial charge in [0.15, 0.2) is 0 Å². The predicted molar refractivity (Wildman–Crippen MR) is 90.4 cm³/mol. The Morgan fingerprint density at radius 3 is 2.29 bits per heavy atom. The molecule has 0 spiro atoms. The molecule has 1 fully saturated rings. The zero-order valence-electron chi connectivity index (χ0n) is 14.5. The van der Waals surface area contributed by atoms with Gasteiger partial charge in [0.1, 0.15) is 5.82 Å². The number of hydrogen-bond acceptors (Lipinski definition) is 3. The number of carbonyl (C=O) groups excluding carboxylic acids is 1. The quantitative estimate of drug-likeness (QED) is 0.836. The van der Waals surface area contributed by atoms with Crippen LogP contribution in [0.25, 0.3) is 0 Å². The minimum absolute atomic E-state index is 0.0588. The number of benzene rings is 1. The minimum Gasteiger partial charge on any atom is -0.341 e. The summed E-state index contributed by atoms with van der Waals surface area (Å²) in [7, 11) is -3.66. The van der Waals surface area contributed by atoms with E-state index in [1.54, 1.807) is 4.90 Å². The van der Waals surface area contributed by atoms with Crippen molar-refractivity contribution in [1.29, 1.82) is 0 Å². The highest BCUT2D eigenvalue weighted by molar-refractivity contribution is 7.89. The summed E-state index contributed by atoms with van der Waals surface area (Å²) in [5.74, 6) is -0.410. The Kier molecular flexibility index (Phi) is 5.65. The number of amides is 1. The molecular formula is C17H25FN2O3S. The maximum atomic E-state index is 13.0. The molecule has 0 N–H and O–H groups in total. The van der Waals surface area contributed by atoms with Crippen molar-refractivity contribution in [2.75, 3.05) is 26.2 Å². The molecular weight excluding hydrogens is 331 g/mol. The summed E-state index contributed by atoms with van der Waals surface area (Å²) < 4.78 is 39.7. The van der Waals surface area contributed by atoms with Gasteiger partial charge in [0.05, 0.1) is 4.90 Å². The van der Waals surface area contributed by atoms with Gasteiger partial charge >= 0.3 is 0 Å². The maximum absolute atomic E-state index is 13.0. The van der Waals surface area contributed by atoms with Crippen LogP contribution >= 0.6 is 0 Å². The van der Waals surface area contributed by atoms with E-state index in [0.29, 0.717) is 32.5 Å². The highest BCUT2D eigenvalue weighted by atomic mass is 32.2. The zero-order chi connectivity index (χ0) is 18.0. The fourth-order valence-corrected chi connectivity index (χ4v) is 4.17. The van der Waals surface area contributed by atoms with Crippen molar-refractivity contribution in [1.82, 2.24) is 9.21 Å². The molecule has 1 saturated heterocycles. The molecule has 134 valence electrons. The third-order valence-electron chi connectivity index (χ3n) is 3.94. The van der Waals surface area contributed by atoms with Crippen LogP contribution in [0.4, 0.5) is 4.39 Å². The second-order valence-electron chi connectivity index (χ2n) is 7.33. The van der Waals surface area contributed by atoms with Gasteiger partial charge in [-0.2, -0.15) is 4.31 Å². The van der Waals surface area contributed by atoms with Gasteiger partial charge in [-0.25, -0.2) is 12.8 Å². The van der Waals surface area contributed by atoms with Crippen LogP contribution in [-0.2, 0) is 14.8 Å². The number of halogens is 1. The summed E-state index contributed by atoms with van der Waals surface area (Å²) in [4.78, 5) is 14.2. The second-order valence-corrected chi connectivity index (χ2v) is 9.27. The average Bonchev–Trinajstić information content (AvgIpc) is 2.72. The Balaban J connectivity index is 2.07. The number of carbonyl (C=O) groups is 1. The third-order valence-corrected chi connectivity index (χ3v) is 5.85. The van der Waals surface area contributed by atoms with Gasteiger partial charge < -0.3 is 4.90 Å². The molecule has 1 aliphatic heterocycles. The van der Waals surface area contributed by atoms with E-state index in [9.17, 15) is 17.6 Å². The summed E-state index contributed by atoms with van der Waals surface area (Å²) >= 11 is 0. The molecule has 0 unspecified atom stereocenters. The van der Waals surface area contributed by atoms with Crippen LogP contribution in [-0.4, -0.2) is 49.7 Å². The van der Waals surface area contributed by atoms with Crippen molar-refractivity contribution in [3.05, 3.63) is 30.1 Å². The van der Waals surface area contributed by atoms with Gasteiger partial charge in [-0.05, 0) is 36.1 Å². The lowest BCUT2D eigenvalue weighted by atomic mass is 9.91. The largest absolute Gasteiger partial charge is 0.341 e. The molecule has 1 amide bonds. The van der Waals surface area contributed by atoms with Crippen molar-refractivity contribution in [3.63, 3.8) is 0 Å². The molecule has 0 saturated carbocycles. The minimum atomic E-state index is -3.66. The fraction of sp³-hybridized carbons (Fsp3) is 0.588. The number of nitrogens with zero attached hydrogens (tertiary/aromatic N) is 2. The molecule has 7 heteroatoms. The molecule has 0 aliphatic carbocycles. The topological polar surface area (TPSA) is 57.7 Å². The van der Waals surface area contributed by atoms with Crippen molar-refractivity contribution >= 4 is 15.9 Å². The normalized spacial score (nSPS) is 17.6. The van der Waals surface area contributed by atoms with Crippen LogP contribution in [0.2, 0.25) is 0 Å². The van der Waals surface area contributed by atoms with E-state index in [1.807, 2.05) is 20.8 Å². The summed E-state index contributed by atoms with van der Waals surface area (Å²) in [5, 5.41) is 0. The van der Waals surface area contributed by atoms with Crippen LogP contribution in [0.15, 0.2) is 29.2 Å². The first-order chi connectivity index (χ1) is 11.1. The first-order valence-corrected chi connectivity index (χ1v) is 9.57. The molecule has 1 aromatic carbocycles. The average molecular weight is 356 g/mol. The second kappa shape index (κ2) is 7.19. The van der Waals surface area contributed by atoms with Gasteiger partial charge in [-0.15, -0.1) is 0 Å². The smallest absolute Gasteiger partial charge is 0.243 e. The van der Waals surface area contributed by atoms with E-state index in [4.69, 9.17) is 0 Å². The lowest BCUT2D eigenvalue weighted by Gasteiger charge is -2.25. The summed E-state index contributed by atoms with van der Waals surface area (Å²) in [5.41, 5.74) is -0.0940. The molecule has 0 radical (unpaired) electrons. The number of sulfonamides is 1. The highest BCUT2D eigenvalue weighted by Gasteiger charge is 2.29. The predicted octanol–water partition coefficient (Wildman–Crippen LogP) is 2.48. The molecule has 24 heavy (non-hydrogen) atoms. The van der Waals surface area contributed by atoms with E-state index < -0.39 is 15.8 Å².